The van der Waals surface area contributed by atoms with E-state index in [9.17, 15) is 4.79 Å². The Bertz CT molecular complexity index is 758. The van der Waals surface area contributed by atoms with Crippen LogP contribution in [0.5, 0.6) is 0 Å². The van der Waals surface area contributed by atoms with Gasteiger partial charge in [-0.25, -0.2) is 9.97 Å². The fourth-order valence-corrected chi connectivity index (χ4v) is 3.28. The maximum absolute atomic E-state index is 12.9. The van der Waals surface area contributed by atoms with Gasteiger partial charge in [0, 0.05) is 11.9 Å². The van der Waals surface area contributed by atoms with Gasteiger partial charge in [-0.05, 0) is 49.3 Å². The van der Waals surface area contributed by atoms with Crippen molar-refractivity contribution in [3.63, 3.8) is 0 Å². The summed E-state index contributed by atoms with van der Waals surface area (Å²) in [4.78, 5) is 21.8. The summed E-state index contributed by atoms with van der Waals surface area (Å²) in [5.74, 6) is 1.04. The minimum absolute atomic E-state index is 0.0934. The number of hydrogen-bond acceptors (Lipinski definition) is 4. The fraction of sp³-hybridized carbons (Fsp3) is 0.421. The molecule has 1 aromatic heterocycles. The summed E-state index contributed by atoms with van der Waals surface area (Å²) in [6.07, 6.45) is 4.27. The predicted molar refractivity (Wildman–Crippen MR) is 89.2 cm³/mol. The lowest BCUT2D eigenvalue weighted by Gasteiger charge is -2.27. The smallest absolute Gasteiger partial charge is 0.254 e. The summed E-state index contributed by atoms with van der Waals surface area (Å²) in [5.41, 5.74) is 3.08. The number of nitrogens with one attached hydrogen (secondary N) is 1. The zero-order valence-corrected chi connectivity index (χ0v) is 13.7. The van der Waals surface area contributed by atoms with Crippen LogP contribution >= 0.6 is 0 Å². The number of carbonyl (C=O) groups is 1. The van der Waals surface area contributed by atoms with Gasteiger partial charge < -0.3 is 10.1 Å². The first-order valence-corrected chi connectivity index (χ1v) is 8.51. The maximum Gasteiger partial charge on any atom is 0.254 e. The molecule has 5 nitrogen and oxygen atoms in total. The van der Waals surface area contributed by atoms with Crippen molar-refractivity contribution in [1.29, 1.82) is 0 Å². The Morgan fingerprint density at radius 1 is 1.29 bits per heavy atom. The largest absolute Gasteiger partial charge is 0.363 e. The molecule has 124 valence electrons. The molecule has 24 heavy (non-hydrogen) atoms. The Kier molecular flexibility index (Phi) is 4.02. The van der Waals surface area contributed by atoms with Gasteiger partial charge in [-0.1, -0.05) is 24.3 Å². The highest BCUT2D eigenvalue weighted by Gasteiger charge is 2.37. The number of benzene rings is 1. The van der Waals surface area contributed by atoms with Crippen molar-refractivity contribution < 1.29 is 9.53 Å². The van der Waals surface area contributed by atoms with E-state index in [0.29, 0.717) is 18.3 Å². The molecule has 1 aromatic carbocycles. The molecule has 2 aliphatic rings. The van der Waals surface area contributed by atoms with E-state index >= 15 is 0 Å². The first-order chi connectivity index (χ1) is 11.7. The number of fused-ring (bicyclic) bond motifs is 1. The SMILES string of the molecule is Cc1ccnc([C@@H](NC(=O)[C@@H]2OCCc3ccccc32)C2CC2)n1. The molecule has 0 radical (unpaired) electrons. The third-order valence-electron chi connectivity index (χ3n) is 4.71. The van der Waals surface area contributed by atoms with Crippen molar-refractivity contribution in [2.24, 2.45) is 5.92 Å². The van der Waals surface area contributed by atoms with Crippen LogP contribution in [0, 0.1) is 12.8 Å². The Labute approximate surface area is 141 Å². The average molecular weight is 323 g/mol. The predicted octanol–water partition coefficient (Wildman–Crippen LogP) is 2.67. The van der Waals surface area contributed by atoms with Gasteiger partial charge in [-0.15, -0.1) is 0 Å². The van der Waals surface area contributed by atoms with Crippen LogP contribution in [0.1, 0.15) is 47.6 Å². The van der Waals surface area contributed by atoms with E-state index < -0.39 is 6.10 Å². The normalized spacial score (nSPS) is 21.0. The molecule has 1 fully saturated rings. The Hall–Kier alpha value is -2.27. The highest BCUT2D eigenvalue weighted by atomic mass is 16.5. The minimum Gasteiger partial charge on any atom is -0.363 e. The van der Waals surface area contributed by atoms with Crippen LogP contribution in [-0.2, 0) is 16.0 Å². The lowest BCUT2D eigenvalue weighted by Crippen LogP contribution is -2.37. The average Bonchev–Trinajstić information content (AvgIpc) is 3.44. The van der Waals surface area contributed by atoms with Gasteiger partial charge in [0.05, 0.1) is 12.6 Å². The summed E-state index contributed by atoms with van der Waals surface area (Å²) >= 11 is 0. The summed E-state index contributed by atoms with van der Waals surface area (Å²) < 4.78 is 5.77. The first-order valence-electron chi connectivity index (χ1n) is 8.51. The summed E-state index contributed by atoms with van der Waals surface area (Å²) in [6, 6.07) is 9.75. The molecule has 4 rings (SSSR count). The third kappa shape index (κ3) is 3.04. The maximum atomic E-state index is 12.9. The second kappa shape index (κ2) is 6.32. The number of amides is 1. The highest BCUT2D eigenvalue weighted by Crippen LogP contribution is 2.40. The fourth-order valence-electron chi connectivity index (χ4n) is 3.28. The van der Waals surface area contributed by atoms with Crippen LogP contribution in [0.4, 0.5) is 0 Å². The second-order valence-electron chi connectivity index (χ2n) is 6.58. The number of nitrogens with zero attached hydrogens (tertiary/aromatic N) is 2. The first kappa shape index (κ1) is 15.3. The van der Waals surface area contributed by atoms with Gasteiger partial charge >= 0.3 is 0 Å². The Morgan fingerprint density at radius 2 is 2.12 bits per heavy atom. The van der Waals surface area contributed by atoms with Crippen molar-refractivity contribution in [2.45, 2.75) is 38.3 Å². The van der Waals surface area contributed by atoms with Crippen molar-refractivity contribution in [2.75, 3.05) is 6.61 Å². The van der Waals surface area contributed by atoms with E-state index in [1.54, 1.807) is 6.20 Å². The van der Waals surface area contributed by atoms with E-state index in [1.165, 1.54) is 5.56 Å². The van der Waals surface area contributed by atoms with Gasteiger partial charge in [-0.3, -0.25) is 4.79 Å². The third-order valence-corrected chi connectivity index (χ3v) is 4.71. The van der Waals surface area contributed by atoms with Crippen LogP contribution < -0.4 is 5.32 Å². The van der Waals surface area contributed by atoms with Gasteiger partial charge in [0.1, 0.15) is 0 Å². The number of aryl methyl sites for hydroxylation is 1. The van der Waals surface area contributed by atoms with E-state index in [4.69, 9.17) is 4.74 Å². The van der Waals surface area contributed by atoms with Gasteiger partial charge in [0.25, 0.3) is 5.91 Å². The molecule has 0 bridgehead atoms. The van der Waals surface area contributed by atoms with E-state index in [0.717, 1.165) is 30.5 Å². The van der Waals surface area contributed by atoms with Crippen molar-refractivity contribution >= 4 is 5.91 Å². The van der Waals surface area contributed by atoms with Crippen LogP contribution in [0.15, 0.2) is 36.5 Å². The van der Waals surface area contributed by atoms with Crippen LogP contribution in [0.3, 0.4) is 0 Å². The molecule has 2 heterocycles. The quantitative estimate of drug-likeness (QED) is 0.939. The van der Waals surface area contributed by atoms with Crippen molar-refractivity contribution in [3.05, 3.63) is 59.2 Å². The molecule has 0 spiro atoms. The summed E-state index contributed by atoms with van der Waals surface area (Å²) in [5, 5.41) is 3.14. The molecule has 1 aliphatic carbocycles. The van der Waals surface area contributed by atoms with Crippen LogP contribution in [-0.4, -0.2) is 22.5 Å². The van der Waals surface area contributed by atoms with Crippen molar-refractivity contribution in [1.82, 2.24) is 15.3 Å². The van der Waals surface area contributed by atoms with Gasteiger partial charge in [0.15, 0.2) is 11.9 Å². The summed E-state index contributed by atoms with van der Waals surface area (Å²) in [7, 11) is 0. The van der Waals surface area contributed by atoms with E-state index in [2.05, 4.69) is 21.4 Å². The van der Waals surface area contributed by atoms with E-state index in [1.807, 2.05) is 31.2 Å². The zero-order valence-electron chi connectivity index (χ0n) is 13.7. The molecule has 1 amide bonds. The zero-order chi connectivity index (χ0) is 16.5. The lowest BCUT2D eigenvalue weighted by atomic mass is 9.97. The molecular weight excluding hydrogens is 302 g/mol. The van der Waals surface area contributed by atoms with Crippen LogP contribution in [0.25, 0.3) is 0 Å². The number of rotatable bonds is 4. The molecular formula is C19H21N3O2. The molecule has 0 saturated heterocycles. The Morgan fingerprint density at radius 3 is 2.92 bits per heavy atom. The minimum atomic E-state index is -0.541. The van der Waals surface area contributed by atoms with E-state index in [-0.39, 0.29) is 11.9 Å². The highest BCUT2D eigenvalue weighted by molar-refractivity contribution is 5.83. The van der Waals surface area contributed by atoms with Crippen LogP contribution in [0.2, 0.25) is 0 Å². The Balaban J connectivity index is 1.56. The molecule has 2 aromatic rings. The monoisotopic (exact) mass is 323 g/mol. The standard InChI is InChI=1S/C19H21N3O2/c1-12-8-10-20-18(21-12)16(14-6-7-14)22-19(23)17-15-5-3-2-4-13(15)9-11-24-17/h2-5,8,10,14,16-17H,6-7,9,11H2,1H3,(H,22,23)/t16-,17+/m0/s1. The lowest BCUT2D eigenvalue weighted by molar-refractivity contribution is -0.135. The molecule has 0 unspecified atom stereocenters. The number of carbonyl (C=O) groups excluding carboxylic acids is 1. The van der Waals surface area contributed by atoms with Crippen molar-refractivity contribution in [3.8, 4) is 0 Å². The van der Waals surface area contributed by atoms with Gasteiger partial charge in [-0.2, -0.15) is 0 Å². The summed E-state index contributed by atoms with van der Waals surface area (Å²) in [6.45, 7) is 2.52. The topological polar surface area (TPSA) is 64.1 Å². The number of ether oxygens (including phenoxy) is 1. The number of hydrogen-bond donors (Lipinski definition) is 1. The molecule has 1 aliphatic heterocycles. The molecule has 5 heteroatoms. The molecule has 2 atom stereocenters. The second-order valence-corrected chi connectivity index (χ2v) is 6.58. The molecule has 1 saturated carbocycles. The molecule has 1 N–H and O–H groups in total. The number of aromatic nitrogens is 2. The van der Waals surface area contributed by atoms with Gasteiger partial charge in [0.2, 0.25) is 0 Å².